The van der Waals surface area contributed by atoms with Gasteiger partial charge in [0.1, 0.15) is 17.4 Å². The summed E-state index contributed by atoms with van der Waals surface area (Å²) in [6.45, 7) is 3.05. The molecule has 0 radical (unpaired) electrons. The molecule has 3 aromatic heterocycles. The average molecular weight is 320 g/mol. The van der Waals surface area contributed by atoms with E-state index in [-0.39, 0.29) is 0 Å². The molecule has 0 aliphatic rings. The predicted octanol–water partition coefficient (Wildman–Crippen LogP) is 3.78. The van der Waals surface area contributed by atoms with Gasteiger partial charge in [-0.05, 0) is 25.1 Å². The molecule has 0 amide bonds. The monoisotopic (exact) mass is 320 g/mol. The predicted molar refractivity (Wildman–Crippen MR) is 92.0 cm³/mol. The number of hydrogen-bond donors (Lipinski definition) is 1. The van der Waals surface area contributed by atoms with E-state index in [2.05, 4.69) is 20.3 Å². The van der Waals surface area contributed by atoms with Gasteiger partial charge in [0.25, 0.3) is 0 Å². The zero-order chi connectivity index (χ0) is 16.4. The normalized spacial score (nSPS) is 11.0. The van der Waals surface area contributed by atoms with Gasteiger partial charge in [-0.3, -0.25) is 0 Å². The van der Waals surface area contributed by atoms with Crippen molar-refractivity contribution in [2.45, 2.75) is 13.5 Å². The SMILES string of the molecule is CCOc1ncccc1CNc1ncnc2c1oc1ccccc12. The van der Waals surface area contributed by atoms with E-state index in [4.69, 9.17) is 9.15 Å². The van der Waals surface area contributed by atoms with Crippen LogP contribution < -0.4 is 10.1 Å². The van der Waals surface area contributed by atoms with Crippen molar-refractivity contribution >= 4 is 27.9 Å². The molecule has 0 aliphatic carbocycles. The van der Waals surface area contributed by atoms with E-state index in [1.54, 1.807) is 12.5 Å². The van der Waals surface area contributed by atoms with Gasteiger partial charge in [0.2, 0.25) is 5.88 Å². The topological polar surface area (TPSA) is 73.1 Å². The largest absolute Gasteiger partial charge is 0.478 e. The molecule has 1 aromatic carbocycles. The maximum Gasteiger partial charge on any atom is 0.218 e. The zero-order valence-corrected chi connectivity index (χ0v) is 13.2. The second-order valence-corrected chi connectivity index (χ2v) is 5.25. The fourth-order valence-electron chi connectivity index (χ4n) is 2.65. The van der Waals surface area contributed by atoms with Crippen LogP contribution in [0.4, 0.5) is 5.82 Å². The first kappa shape index (κ1) is 14.4. The van der Waals surface area contributed by atoms with E-state index in [1.165, 1.54) is 0 Å². The molecule has 4 aromatic rings. The number of para-hydroxylation sites is 1. The smallest absolute Gasteiger partial charge is 0.218 e. The fourth-order valence-corrected chi connectivity index (χ4v) is 2.65. The highest BCUT2D eigenvalue weighted by Gasteiger charge is 2.13. The van der Waals surface area contributed by atoms with Gasteiger partial charge in [0.15, 0.2) is 11.4 Å². The molecule has 0 aliphatic heterocycles. The van der Waals surface area contributed by atoms with Gasteiger partial charge in [-0.2, -0.15) is 0 Å². The number of aromatic nitrogens is 3. The molecule has 3 heterocycles. The summed E-state index contributed by atoms with van der Waals surface area (Å²) in [5.41, 5.74) is 3.22. The van der Waals surface area contributed by atoms with Gasteiger partial charge in [-0.15, -0.1) is 0 Å². The lowest BCUT2D eigenvalue weighted by atomic mass is 10.2. The van der Waals surface area contributed by atoms with Crippen molar-refractivity contribution in [1.82, 2.24) is 15.0 Å². The quantitative estimate of drug-likeness (QED) is 0.603. The highest BCUT2D eigenvalue weighted by atomic mass is 16.5. The number of fused-ring (bicyclic) bond motifs is 3. The number of hydrogen-bond acceptors (Lipinski definition) is 6. The van der Waals surface area contributed by atoms with Gasteiger partial charge < -0.3 is 14.5 Å². The lowest BCUT2D eigenvalue weighted by Crippen LogP contribution is -2.05. The Morgan fingerprint density at radius 1 is 1.08 bits per heavy atom. The van der Waals surface area contributed by atoms with E-state index in [9.17, 15) is 0 Å². The van der Waals surface area contributed by atoms with Crippen molar-refractivity contribution in [3.05, 3.63) is 54.5 Å². The summed E-state index contributed by atoms with van der Waals surface area (Å²) in [4.78, 5) is 12.9. The Morgan fingerprint density at radius 3 is 2.92 bits per heavy atom. The second kappa shape index (κ2) is 6.16. The van der Waals surface area contributed by atoms with Crippen molar-refractivity contribution < 1.29 is 9.15 Å². The van der Waals surface area contributed by atoms with Crippen molar-refractivity contribution in [2.24, 2.45) is 0 Å². The minimum atomic E-state index is 0.534. The van der Waals surface area contributed by atoms with Crippen LogP contribution >= 0.6 is 0 Å². The van der Waals surface area contributed by atoms with Crippen LogP contribution in [0, 0.1) is 0 Å². The van der Waals surface area contributed by atoms with Crippen LogP contribution in [0.2, 0.25) is 0 Å². The Morgan fingerprint density at radius 2 is 2.00 bits per heavy atom. The molecule has 120 valence electrons. The standard InChI is InChI=1S/C18H16N4O2/c1-2-23-18-12(6-5-9-19-18)10-20-17-16-15(21-11-22-17)13-7-3-4-8-14(13)24-16/h3-9,11H,2,10H2,1H3,(H,20,21,22). The van der Waals surface area contributed by atoms with Crippen LogP contribution in [0.1, 0.15) is 12.5 Å². The average Bonchev–Trinajstić information content (AvgIpc) is 3.01. The maximum atomic E-state index is 5.92. The summed E-state index contributed by atoms with van der Waals surface area (Å²) < 4.78 is 11.5. The second-order valence-electron chi connectivity index (χ2n) is 5.25. The molecular weight excluding hydrogens is 304 g/mol. The number of pyridine rings is 1. The lowest BCUT2D eigenvalue weighted by molar-refractivity contribution is 0.323. The Kier molecular flexibility index (Phi) is 3.70. The van der Waals surface area contributed by atoms with E-state index in [0.29, 0.717) is 30.4 Å². The summed E-state index contributed by atoms with van der Waals surface area (Å²) in [6.07, 6.45) is 3.26. The molecular formula is C18H16N4O2. The highest BCUT2D eigenvalue weighted by molar-refractivity contribution is 6.05. The van der Waals surface area contributed by atoms with Gasteiger partial charge in [0.05, 0.1) is 6.61 Å². The number of anilines is 1. The molecule has 4 rings (SSSR count). The molecule has 0 saturated carbocycles. The molecule has 0 bridgehead atoms. The Balaban J connectivity index is 1.68. The van der Waals surface area contributed by atoms with Crippen molar-refractivity contribution in [3.63, 3.8) is 0 Å². The van der Waals surface area contributed by atoms with E-state index in [1.807, 2.05) is 43.3 Å². The van der Waals surface area contributed by atoms with E-state index < -0.39 is 0 Å². The number of benzene rings is 1. The molecule has 0 unspecified atom stereocenters. The van der Waals surface area contributed by atoms with E-state index in [0.717, 1.165) is 22.0 Å². The molecule has 24 heavy (non-hydrogen) atoms. The van der Waals surface area contributed by atoms with Crippen LogP contribution in [-0.2, 0) is 6.54 Å². The van der Waals surface area contributed by atoms with Crippen molar-refractivity contribution in [3.8, 4) is 5.88 Å². The van der Waals surface area contributed by atoms with E-state index >= 15 is 0 Å². The number of nitrogens with zero attached hydrogens (tertiary/aromatic N) is 3. The Hall–Kier alpha value is -3.15. The lowest BCUT2D eigenvalue weighted by Gasteiger charge is -2.10. The minimum absolute atomic E-state index is 0.534. The molecule has 0 atom stereocenters. The molecule has 0 fully saturated rings. The number of nitrogens with one attached hydrogen (secondary N) is 1. The first-order valence-corrected chi connectivity index (χ1v) is 7.79. The Bertz CT molecular complexity index is 997. The maximum absolute atomic E-state index is 5.92. The zero-order valence-electron chi connectivity index (χ0n) is 13.2. The first-order valence-electron chi connectivity index (χ1n) is 7.79. The van der Waals surface area contributed by atoms with Crippen LogP contribution in [0.3, 0.4) is 0 Å². The highest BCUT2D eigenvalue weighted by Crippen LogP contribution is 2.30. The third kappa shape index (κ3) is 2.52. The van der Waals surface area contributed by atoms with Crippen LogP contribution in [0.15, 0.2) is 53.3 Å². The van der Waals surface area contributed by atoms with Gasteiger partial charge >= 0.3 is 0 Å². The molecule has 0 spiro atoms. The van der Waals surface area contributed by atoms with Crippen molar-refractivity contribution in [1.29, 1.82) is 0 Å². The summed E-state index contributed by atoms with van der Waals surface area (Å²) in [7, 11) is 0. The van der Waals surface area contributed by atoms with Gasteiger partial charge in [-0.25, -0.2) is 15.0 Å². The summed E-state index contributed by atoms with van der Waals surface area (Å²) in [5.74, 6) is 1.28. The summed E-state index contributed by atoms with van der Waals surface area (Å²) >= 11 is 0. The van der Waals surface area contributed by atoms with Crippen LogP contribution in [0.25, 0.3) is 22.1 Å². The number of furan rings is 1. The minimum Gasteiger partial charge on any atom is -0.478 e. The molecule has 0 saturated heterocycles. The molecule has 1 N–H and O–H groups in total. The molecule has 6 heteroatoms. The third-order valence-electron chi connectivity index (χ3n) is 3.74. The van der Waals surface area contributed by atoms with Crippen LogP contribution in [0.5, 0.6) is 5.88 Å². The van der Waals surface area contributed by atoms with Gasteiger partial charge in [0, 0.05) is 23.7 Å². The van der Waals surface area contributed by atoms with Gasteiger partial charge in [-0.1, -0.05) is 18.2 Å². The summed E-state index contributed by atoms with van der Waals surface area (Å²) in [6, 6.07) is 11.7. The van der Waals surface area contributed by atoms with Crippen LogP contribution in [-0.4, -0.2) is 21.6 Å². The number of rotatable bonds is 5. The Labute approximate surface area is 138 Å². The molecule has 6 nitrogen and oxygen atoms in total. The fraction of sp³-hybridized carbons (Fsp3) is 0.167. The summed E-state index contributed by atoms with van der Waals surface area (Å²) in [5, 5.41) is 4.28. The first-order chi connectivity index (χ1) is 11.9. The number of ether oxygens (including phenoxy) is 1. The third-order valence-corrected chi connectivity index (χ3v) is 3.74. The van der Waals surface area contributed by atoms with Crippen molar-refractivity contribution in [2.75, 3.05) is 11.9 Å².